The third kappa shape index (κ3) is 4.85. The summed E-state index contributed by atoms with van der Waals surface area (Å²) in [7, 11) is 0. The number of carbonyl (C=O) groups is 1. The Kier molecular flexibility index (Phi) is 5.57. The van der Waals surface area contributed by atoms with Crippen molar-refractivity contribution in [2.45, 2.75) is 66.5 Å². The van der Waals surface area contributed by atoms with Crippen molar-refractivity contribution in [3.05, 3.63) is 34.4 Å². The Labute approximate surface area is 129 Å². The summed E-state index contributed by atoms with van der Waals surface area (Å²) in [6, 6.07) is 4.69. The van der Waals surface area contributed by atoms with Crippen LogP contribution in [0.3, 0.4) is 0 Å². The molecule has 0 aliphatic heterocycles. The minimum absolute atomic E-state index is 0.0809. The van der Waals surface area contributed by atoms with Gasteiger partial charge in [-0.15, -0.1) is 0 Å². The van der Waals surface area contributed by atoms with Crippen molar-refractivity contribution in [1.29, 1.82) is 0 Å². The van der Waals surface area contributed by atoms with Crippen LogP contribution in [0.4, 0.5) is 0 Å². The molecule has 3 heteroatoms. The van der Waals surface area contributed by atoms with Crippen LogP contribution < -0.4 is 0 Å². The first-order chi connectivity index (χ1) is 9.52. The van der Waals surface area contributed by atoms with Gasteiger partial charge in [-0.2, -0.15) is 0 Å². The molecular formula is C18H29NO2. The van der Waals surface area contributed by atoms with Crippen molar-refractivity contribution in [2.24, 2.45) is 0 Å². The molecule has 0 aliphatic rings. The molecule has 0 fully saturated rings. The van der Waals surface area contributed by atoms with Crippen LogP contribution in [-0.4, -0.2) is 28.6 Å². The average Bonchev–Trinajstić information content (AvgIpc) is 2.29. The minimum Gasteiger partial charge on any atom is -0.480 e. The van der Waals surface area contributed by atoms with Crippen molar-refractivity contribution < 1.29 is 9.90 Å². The van der Waals surface area contributed by atoms with E-state index in [4.69, 9.17) is 5.11 Å². The van der Waals surface area contributed by atoms with Crippen LogP contribution >= 0.6 is 0 Å². The van der Waals surface area contributed by atoms with E-state index in [1.807, 2.05) is 18.7 Å². The number of aliphatic carboxylic acids is 1. The molecule has 1 aromatic rings. The highest BCUT2D eigenvalue weighted by Gasteiger charge is 2.19. The molecular weight excluding hydrogens is 262 g/mol. The van der Waals surface area contributed by atoms with Gasteiger partial charge >= 0.3 is 5.97 Å². The zero-order valence-electron chi connectivity index (χ0n) is 14.4. The van der Waals surface area contributed by atoms with Crippen molar-refractivity contribution in [2.75, 3.05) is 6.54 Å². The van der Waals surface area contributed by atoms with Gasteiger partial charge in [-0.25, -0.2) is 0 Å². The van der Waals surface area contributed by atoms with E-state index in [0.29, 0.717) is 6.54 Å². The minimum atomic E-state index is -0.773. The summed E-state index contributed by atoms with van der Waals surface area (Å²) in [6.45, 7) is 15.7. The van der Waals surface area contributed by atoms with Gasteiger partial charge in [0.15, 0.2) is 0 Å². The highest BCUT2D eigenvalue weighted by Crippen LogP contribution is 2.27. The van der Waals surface area contributed by atoms with Crippen molar-refractivity contribution in [3.63, 3.8) is 0 Å². The Balaban J connectivity index is 3.11. The summed E-state index contributed by atoms with van der Waals surface area (Å²) in [5, 5.41) is 9.06. The van der Waals surface area contributed by atoms with E-state index in [-0.39, 0.29) is 18.0 Å². The fraction of sp³-hybridized carbons (Fsp3) is 0.611. The van der Waals surface area contributed by atoms with E-state index < -0.39 is 5.97 Å². The predicted molar refractivity (Wildman–Crippen MR) is 87.8 cm³/mol. The lowest BCUT2D eigenvalue weighted by atomic mass is 9.83. The topological polar surface area (TPSA) is 40.5 Å². The molecule has 1 aromatic carbocycles. The quantitative estimate of drug-likeness (QED) is 0.894. The second kappa shape index (κ2) is 6.61. The molecule has 0 aliphatic carbocycles. The number of hydrogen-bond acceptors (Lipinski definition) is 2. The lowest BCUT2D eigenvalue weighted by Gasteiger charge is -2.28. The van der Waals surface area contributed by atoms with Gasteiger partial charge in [0.05, 0.1) is 6.54 Å². The van der Waals surface area contributed by atoms with Crippen LogP contribution in [0.15, 0.2) is 12.1 Å². The maximum absolute atomic E-state index is 11.0. The van der Waals surface area contributed by atoms with Gasteiger partial charge in [0.1, 0.15) is 0 Å². The molecule has 0 amide bonds. The maximum atomic E-state index is 11.0. The van der Waals surface area contributed by atoms with Crippen LogP contribution in [0.25, 0.3) is 0 Å². The SMILES string of the molecule is Cc1cc(C(C)(C)C)cc(C)c1CN(CC(=O)O)C(C)C. The Morgan fingerprint density at radius 2 is 1.67 bits per heavy atom. The van der Waals surface area contributed by atoms with Gasteiger partial charge in [-0.05, 0) is 55.4 Å². The standard InChI is InChI=1S/C18H29NO2/c1-12(2)19(11-17(20)21)10-16-13(3)8-15(9-14(16)4)18(5,6)7/h8-9,12H,10-11H2,1-7H3,(H,20,21). The lowest BCUT2D eigenvalue weighted by molar-refractivity contribution is -0.138. The molecule has 0 bridgehead atoms. The number of benzene rings is 1. The largest absolute Gasteiger partial charge is 0.480 e. The first-order valence-electron chi connectivity index (χ1n) is 7.58. The summed E-state index contributed by atoms with van der Waals surface area (Å²) in [6.07, 6.45) is 0. The first-order valence-corrected chi connectivity index (χ1v) is 7.58. The lowest BCUT2D eigenvalue weighted by Crippen LogP contribution is -2.35. The zero-order valence-corrected chi connectivity index (χ0v) is 14.4. The molecule has 0 unspecified atom stereocenters. The molecule has 0 radical (unpaired) electrons. The molecule has 3 nitrogen and oxygen atoms in total. The Morgan fingerprint density at radius 1 is 1.19 bits per heavy atom. The van der Waals surface area contributed by atoms with Crippen LogP contribution in [0.5, 0.6) is 0 Å². The number of nitrogens with zero attached hydrogens (tertiary/aromatic N) is 1. The smallest absolute Gasteiger partial charge is 0.317 e. The van der Waals surface area contributed by atoms with Crippen molar-refractivity contribution >= 4 is 5.97 Å². The van der Waals surface area contributed by atoms with E-state index in [9.17, 15) is 4.79 Å². The molecule has 0 saturated heterocycles. The predicted octanol–water partition coefficient (Wildman–Crippen LogP) is 3.90. The summed E-state index contributed by atoms with van der Waals surface area (Å²) in [4.78, 5) is 13.0. The fourth-order valence-electron chi connectivity index (χ4n) is 2.47. The monoisotopic (exact) mass is 291 g/mol. The molecule has 1 rings (SSSR count). The van der Waals surface area contributed by atoms with Crippen LogP contribution in [0.1, 0.15) is 56.9 Å². The van der Waals surface area contributed by atoms with E-state index in [0.717, 1.165) is 0 Å². The molecule has 118 valence electrons. The molecule has 1 N–H and O–H groups in total. The van der Waals surface area contributed by atoms with E-state index in [2.05, 4.69) is 46.8 Å². The number of carboxylic acid groups (broad SMARTS) is 1. The van der Waals surface area contributed by atoms with E-state index in [1.165, 1.54) is 22.3 Å². The number of aryl methyl sites for hydroxylation is 2. The normalized spacial score (nSPS) is 12.2. The second-order valence-electron chi connectivity index (χ2n) is 7.23. The molecule has 0 aromatic heterocycles. The summed E-state index contributed by atoms with van der Waals surface area (Å²) in [5.41, 5.74) is 5.20. The summed E-state index contributed by atoms with van der Waals surface area (Å²) in [5.74, 6) is -0.773. The van der Waals surface area contributed by atoms with Crippen molar-refractivity contribution in [1.82, 2.24) is 4.90 Å². The molecule has 21 heavy (non-hydrogen) atoms. The Bertz CT molecular complexity index is 489. The summed E-state index contributed by atoms with van der Waals surface area (Å²) >= 11 is 0. The van der Waals surface area contributed by atoms with E-state index >= 15 is 0 Å². The van der Waals surface area contributed by atoms with Gasteiger partial charge in [0.25, 0.3) is 0 Å². The third-order valence-electron chi connectivity index (χ3n) is 3.99. The van der Waals surface area contributed by atoms with Gasteiger partial charge < -0.3 is 5.11 Å². The first kappa shape index (κ1) is 17.7. The van der Waals surface area contributed by atoms with Gasteiger partial charge in [-0.3, -0.25) is 9.69 Å². The second-order valence-corrected chi connectivity index (χ2v) is 7.23. The fourth-order valence-corrected chi connectivity index (χ4v) is 2.47. The highest BCUT2D eigenvalue weighted by molar-refractivity contribution is 5.69. The molecule has 0 heterocycles. The Morgan fingerprint density at radius 3 is 2.00 bits per heavy atom. The number of rotatable bonds is 5. The molecule has 0 saturated carbocycles. The van der Waals surface area contributed by atoms with Crippen LogP contribution in [0, 0.1) is 13.8 Å². The van der Waals surface area contributed by atoms with Gasteiger partial charge in [-0.1, -0.05) is 32.9 Å². The maximum Gasteiger partial charge on any atom is 0.317 e. The van der Waals surface area contributed by atoms with Gasteiger partial charge in [0, 0.05) is 12.6 Å². The highest BCUT2D eigenvalue weighted by atomic mass is 16.4. The van der Waals surface area contributed by atoms with Crippen LogP contribution in [-0.2, 0) is 16.8 Å². The summed E-state index contributed by atoms with van der Waals surface area (Å²) < 4.78 is 0. The van der Waals surface area contributed by atoms with Gasteiger partial charge in [0.2, 0.25) is 0 Å². The van der Waals surface area contributed by atoms with Crippen LogP contribution in [0.2, 0.25) is 0 Å². The van der Waals surface area contributed by atoms with Crippen molar-refractivity contribution in [3.8, 4) is 0 Å². The molecule has 0 spiro atoms. The number of hydrogen-bond donors (Lipinski definition) is 1. The zero-order chi connectivity index (χ0) is 16.4. The third-order valence-corrected chi connectivity index (χ3v) is 3.99. The number of carboxylic acids is 1. The average molecular weight is 291 g/mol. The van der Waals surface area contributed by atoms with E-state index in [1.54, 1.807) is 0 Å². The Hall–Kier alpha value is -1.35. The molecule has 0 atom stereocenters.